The summed E-state index contributed by atoms with van der Waals surface area (Å²) in [6.07, 6.45) is 0.284. The average molecular weight is 429 g/mol. The molecule has 1 unspecified atom stereocenters. The van der Waals surface area contributed by atoms with Gasteiger partial charge in [-0.15, -0.1) is 21.5 Å². The second kappa shape index (κ2) is 10.0. The van der Waals surface area contributed by atoms with Crippen molar-refractivity contribution >= 4 is 28.0 Å². The van der Waals surface area contributed by atoms with Gasteiger partial charge in [0.25, 0.3) is 5.09 Å². The normalized spacial score (nSPS) is 12.9. The van der Waals surface area contributed by atoms with Gasteiger partial charge in [0.2, 0.25) is 5.91 Å². The Morgan fingerprint density at radius 2 is 1.97 bits per heavy atom. The number of benzene rings is 2. The van der Waals surface area contributed by atoms with Gasteiger partial charge in [-0.2, -0.15) is 0 Å². The Bertz CT molecular complexity index is 990. The van der Waals surface area contributed by atoms with Crippen LogP contribution in [-0.4, -0.2) is 42.1 Å². The van der Waals surface area contributed by atoms with E-state index in [0.29, 0.717) is 13.0 Å². The summed E-state index contributed by atoms with van der Waals surface area (Å²) >= 11 is 1.59. The van der Waals surface area contributed by atoms with Crippen LogP contribution in [0.5, 0.6) is 5.75 Å². The van der Waals surface area contributed by atoms with Crippen LogP contribution in [0.2, 0.25) is 0 Å². The third-order valence-corrected chi connectivity index (χ3v) is 5.62. The van der Waals surface area contributed by atoms with Gasteiger partial charge in [0, 0.05) is 30.3 Å². The molecule has 3 rings (SSSR count). The Morgan fingerprint density at radius 1 is 1.20 bits per heavy atom. The SMILES string of the molecule is CN(CC[C@H](Oc1cccc2ccccc12)c1cccs1)C(=O)C(N)CO[N+](=O)[O-]. The fourth-order valence-electron chi connectivity index (χ4n) is 3.10. The van der Waals surface area contributed by atoms with Crippen molar-refractivity contribution in [2.24, 2.45) is 5.73 Å². The quantitative estimate of drug-likeness (QED) is 0.391. The number of nitrogens with zero attached hydrogens (tertiary/aromatic N) is 2. The summed E-state index contributed by atoms with van der Waals surface area (Å²) in [6.45, 7) is -0.102. The molecule has 1 heterocycles. The van der Waals surface area contributed by atoms with Crippen LogP contribution in [0.4, 0.5) is 0 Å². The van der Waals surface area contributed by atoms with Crippen LogP contribution in [0.3, 0.4) is 0 Å². The van der Waals surface area contributed by atoms with E-state index in [9.17, 15) is 14.9 Å². The molecule has 1 amide bonds. The minimum absolute atomic E-state index is 0.252. The molecule has 1 aromatic heterocycles. The maximum absolute atomic E-state index is 12.3. The molecule has 2 N–H and O–H groups in total. The van der Waals surface area contributed by atoms with Gasteiger partial charge in [0.1, 0.15) is 24.5 Å². The van der Waals surface area contributed by atoms with Gasteiger partial charge in [-0.05, 0) is 22.9 Å². The largest absolute Gasteiger partial charge is 0.484 e. The van der Waals surface area contributed by atoms with Crippen molar-refractivity contribution in [2.45, 2.75) is 18.6 Å². The van der Waals surface area contributed by atoms with E-state index >= 15 is 0 Å². The lowest BCUT2D eigenvalue weighted by Gasteiger charge is -2.24. The van der Waals surface area contributed by atoms with Gasteiger partial charge in [-0.1, -0.05) is 42.5 Å². The summed E-state index contributed by atoms with van der Waals surface area (Å²) in [7, 11) is 1.61. The molecule has 3 aromatic rings. The summed E-state index contributed by atoms with van der Waals surface area (Å²) in [5, 5.41) is 13.4. The lowest BCUT2D eigenvalue weighted by Crippen LogP contribution is -2.45. The van der Waals surface area contributed by atoms with Gasteiger partial charge in [-0.25, -0.2) is 0 Å². The highest BCUT2D eigenvalue weighted by Gasteiger charge is 2.22. The van der Waals surface area contributed by atoms with Crippen molar-refractivity contribution in [2.75, 3.05) is 20.2 Å². The molecule has 0 saturated heterocycles. The molecular formula is C21H23N3O5S. The van der Waals surface area contributed by atoms with Crippen LogP contribution in [0.25, 0.3) is 10.8 Å². The van der Waals surface area contributed by atoms with E-state index in [1.165, 1.54) is 4.90 Å². The van der Waals surface area contributed by atoms with E-state index in [1.807, 2.05) is 60.0 Å². The Labute approximate surface area is 177 Å². The standard InChI is InChI=1S/C21H23N3O5S/c1-23(21(25)17(22)14-28-24(26)27)12-11-19(20-10-5-13-30-20)29-18-9-4-7-15-6-2-3-8-16(15)18/h2-10,13,17,19H,11-12,14,22H2,1H3/t17?,19-/m0/s1. The molecule has 0 bridgehead atoms. The first-order valence-electron chi connectivity index (χ1n) is 9.41. The first-order chi connectivity index (χ1) is 14.5. The van der Waals surface area contributed by atoms with Crippen LogP contribution >= 0.6 is 11.3 Å². The predicted molar refractivity (Wildman–Crippen MR) is 115 cm³/mol. The summed E-state index contributed by atoms with van der Waals surface area (Å²) in [4.78, 5) is 29.3. The molecule has 2 aromatic carbocycles. The Balaban J connectivity index is 1.69. The summed E-state index contributed by atoms with van der Waals surface area (Å²) < 4.78 is 6.37. The topological polar surface area (TPSA) is 108 Å². The van der Waals surface area contributed by atoms with Gasteiger partial charge < -0.3 is 20.2 Å². The monoisotopic (exact) mass is 429 g/mol. The van der Waals surface area contributed by atoms with Gasteiger partial charge in [-0.3, -0.25) is 4.79 Å². The maximum atomic E-state index is 12.3. The molecule has 0 fully saturated rings. The lowest BCUT2D eigenvalue weighted by atomic mass is 10.1. The fraction of sp³-hybridized carbons (Fsp3) is 0.286. The van der Waals surface area contributed by atoms with Crippen LogP contribution in [-0.2, 0) is 9.63 Å². The molecule has 30 heavy (non-hydrogen) atoms. The van der Waals surface area contributed by atoms with E-state index in [1.54, 1.807) is 18.4 Å². The highest BCUT2D eigenvalue weighted by Crippen LogP contribution is 2.32. The smallest absolute Gasteiger partial charge is 0.294 e. The van der Waals surface area contributed by atoms with Gasteiger partial charge in [0.05, 0.1) is 0 Å². The first kappa shape index (κ1) is 21.5. The van der Waals surface area contributed by atoms with Crippen molar-refractivity contribution in [1.29, 1.82) is 0 Å². The van der Waals surface area contributed by atoms with Crippen LogP contribution in [0, 0.1) is 10.1 Å². The fourth-order valence-corrected chi connectivity index (χ4v) is 3.89. The van der Waals surface area contributed by atoms with E-state index in [2.05, 4.69) is 4.84 Å². The van der Waals surface area contributed by atoms with E-state index in [4.69, 9.17) is 10.5 Å². The summed E-state index contributed by atoms with van der Waals surface area (Å²) in [6, 6.07) is 16.8. The number of fused-ring (bicyclic) bond motifs is 1. The number of amides is 1. The van der Waals surface area contributed by atoms with E-state index < -0.39 is 23.6 Å². The van der Waals surface area contributed by atoms with Crippen molar-refractivity contribution in [3.63, 3.8) is 0 Å². The molecule has 2 atom stereocenters. The highest BCUT2D eigenvalue weighted by atomic mass is 32.1. The minimum Gasteiger partial charge on any atom is -0.484 e. The Morgan fingerprint density at radius 3 is 2.70 bits per heavy atom. The predicted octanol–water partition coefficient (Wildman–Crippen LogP) is 3.41. The number of rotatable bonds is 10. The molecule has 0 saturated carbocycles. The van der Waals surface area contributed by atoms with E-state index in [-0.39, 0.29) is 6.10 Å². The molecule has 0 aliphatic rings. The third kappa shape index (κ3) is 5.46. The molecular weight excluding hydrogens is 406 g/mol. The zero-order valence-corrected chi connectivity index (χ0v) is 17.3. The minimum atomic E-state index is -1.10. The second-order valence-electron chi connectivity index (χ2n) is 6.77. The molecule has 0 aliphatic carbocycles. The van der Waals surface area contributed by atoms with E-state index in [0.717, 1.165) is 21.4 Å². The number of likely N-dealkylation sites (N-methyl/N-ethyl adjacent to an activating group) is 1. The number of ether oxygens (including phenoxy) is 1. The third-order valence-electron chi connectivity index (χ3n) is 4.66. The number of nitrogens with two attached hydrogens (primary N) is 1. The molecule has 0 aliphatic heterocycles. The number of carbonyl (C=O) groups excluding carboxylic acids is 1. The zero-order valence-electron chi connectivity index (χ0n) is 16.5. The number of hydrogen-bond donors (Lipinski definition) is 1. The number of hydrogen-bond acceptors (Lipinski definition) is 7. The summed E-state index contributed by atoms with van der Waals surface area (Å²) in [5.74, 6) is 0.350. The molecule has 0 radical (unpaired) electrons. The molecule has 0 spiro atoms. The van der Waals surface area contributed by atoms with Crippen molar-refractivity contribution in [3.05, 3.63) is 75.0 Å². The van der Waals surface area contributed by atoms with Gasteiger partial charge >= 0.3 is 0 Å². The van der Waals surface area contributed by atoms with Crippen molar-refractivity contribution in [1.82, 2.24) is 4.90 Å². The first-order valence-corrected chi connectivity index (χ1v) is 10.3. The zero-order chi connectivity index (χ0) is 21.5. The van der Waals surface area contributed by atoms with Crippen LogP contribution < -0.4 is 10.5 Å². The van der Waals surface area contributed by atoms with Crippen molar-refractivity contribution in [3.8, 4) is 5.75 Å². The van der Waals surface area contributed by atoms with Crippen LogP contribution in [0.1, 0.15) is 17.4 Å². The van der Waals surface area contributed by atoms with Crippen LogP contribution in [0.15, 0.2) is 60.0 Å². The molecule has 9 heteroatoms. The Hall–Kier alpha value is -3.17. The Kier molecular flexibility index (Phi) is 7.21. The highest BCUT2D eigenvalue weighted by molar-refractivity contribution is 7.10. The molecule has 158 valence electrons. The number of carbonyl (C=O) groups is 1. The van der Waals surface area contributed by atoms with Crippen molar-refractivity contribution < 1.29 is 19.5 Å². The maximum Gasteiger partial charge on any atom is 0.294 e. The summed E-state index contributed by atoms with van der Waals surface area (Å²) in [5.41, 5.74) is 5.70. The van der Waals surface area contributed by atoms with Gasteiger partial charge in [0.15, 0.2) is 0 Å². The molecule has 8 nitrogen and oxygen atoms in total. The number of thiophene rings is 1. The second-order valence-corrected chi connectivity index (χ2v) is 7.75. The average Bonchev–Trinajstić information content (AvgIpc) is 3.29. The lowest BCUT2D eigenvalue weighted by molar-refractivity contribution is -0.757.